The summed E-state index contributed by atoms with van der Waals surface area (Å²) in [7, 11) is 0. The third kappa shape index (κ3) is 3.99. The molecule has 0 aliphatic carbocycles. The summed E-state index contributed by atoms with van der Waals surface area (Å²) in [4.78, 5) is 14.0. The van der Waals surface area contributed by atoms with Crippen molar-refractivity contribution in [2.75, 3.05) is 13.1 Å². The van der Waals surface area contributed by atoms with Gasteiger partial charge in [0.1, 0.15) is 5.75 Å². The molecule has 0 saturated carbocycles. The Morgan fingerprint density at radius 3 is 2.74 bits per heavy atom. The standard InChI is InChI=1S/C15H20N2O2/c1-11(2)10-17(9-5-8-16)15(19)13-7-4-6-12(3)14(13)18/h4,6-7,11,18H,5,9-10H2,1-3H3. The Hall–Kier alpha value is -2.02. The smallest absolute Gasteiger partial charge is 0.257 e. The van der Waals surface area contributed by atoms with Crippen LogP contribution in [-0.2, 0) is 0 Å². The second-order valence-corrected chi connectivity index (χ2v) is 5.02. The maximum atomic E-state index is 12.4. The third-order valence-electron chi connectivity index (χ3n) is 2.83. The molecule has 0 aromatic heterocycles. The van der Waals surface area contributed by atoms with E-state index in [1.54, 1.807) is 30.0 Å². The molecular weight excluding hydrogens is 240 g/mol. The number of carbonyl (C=O) groups is 1. The van der Waals surface area contributed by atoms with Gasteiger partial charge in [-0.25, -0.2) is 0 Å². The predicted octanol–water partition coefficient (Wildman–Crippen LogP) is 2.71. The zero-order valence-electron chi connectivity index (χ0n) is 11.7. The molecule has 0 unspecified atom stereocenters. The zero-order valence-corrected chi connectivity index (χ0v) is 11.7. The van der Waals surface area contributed by atoms with Crippen LogP contribution in [0.3, 0.4) is 0 Å². The first kappa shape index (κ1) is 15.0. The summed E-state index contributed by atoms with van der Waals surface area (Å²) in [5.74, 6) is 0.123. The van der Waals surface area contributed by atoms with Crippen LogP contribution >= 0.6 is 0 Å². The molecule has 0 spiro atoms. The number of benzene rings is 1. The van der Waals surface area contributed by atoms with E-state index < -0.39 is 0 Å². The van der Waals surface area contributed by atoms with Crippen molar-refractivity contribution in [1.82, 2.24) is 4.90 Å². The number of carbonyl (C=O) groups excluding carboxylic acids is 1. The molecule has 4 nitrogen and oxygen atoms in total. The largest absolute Gasteiger partial charge is 0.507 e. The van der Waals surface area contributed by atoms with Crippen LogP contribution in [0.4, 0.5) is 0 Å². The van der Waals surface area contributed by atoms with Gasteiger partial charge in [0.25, 0.3) is 5.91 Å². The minimum absolute atomic E-state index is 0.0261. The van der Waals surface area contributed by atoms with Crippen LogP contribution in [0.2, 0.25) is 0 Å². The predicted molar refractivity (Wildman–Crippen MR) is 73.8 cm³/mol. The van der Waals surface area contributed by atoms with E-state index in [0.717, 1.165) is 0 Å². The molecule has 0 radical (unpaired) electrons. The first-order chi connectivity index (χ1) is 8.97. The number of rotatable bonds is 5. The van der Waals surface area contributed by atoms with Crippen molar-refractivity contribution in [2.24, 2.45) is 5.92 Å². The van der Waals surface area contributed by atoms with Crippen molar-refractivity contribution >= 4 is 5.91 Å². The fraction of sp³-hybridized carbons (Fsp3) is 0.467. The van der Waals surface area contributed by atoms with Gasteiger partial charge in [0.2, 0.25) is 0 Å². The lowest BCUT2D eigenvalue weighted by atomic mass is 10.1. The summed E-state index contributed by atoms with van der Waals surface area (Å²) < 4.78 is 0. The van der Waals surface area contributed by atoms with Gasteiger partial charge in [-0.2, -0.15) is 5.26 Å². The number of amides is 1. The first-order valence-electron chi connectivity index (χ1n) is 6.42. The molecule has 1 N–H and O–H groups in total. The van der Waals surface area contributed by atoms with Gasteiger partial charge in [0, 0.05) is 13.1 Å². The van der Waals surface area contributed by atoms with E-state index in [2.05, 4.69) is 0 Å². The number of phenolic OH excluding ortho intramolecular Hbond substituents is 1. The van der Waals surface area contributed by atoms with Gasteiger partial charge in [-0.15, -0.1) is 0 Å². The summed E-state index contributed by atoms with van der Waals surface area (Å²) in [6, 6.07) is 7.17. The number of hydrogen-bond donors (Lipinski definition) is 1. The summed E-state index contributed by atoms with van der Waals surface area (Å²) in [5.41, 5.74) is 0.981. The molecule has 1 rings (SSSR count). The molecule has 1 aromatic carbocycles. The highest BCUT2D eigenvalue weighted by Crippen LogP contribution is 2.23. The molecule has 1 aromatic rings. The summed E-state index contributed by atoms with van der Waals surface area (Å²) >= 11 is 0. The Labute approximate surface area is 114 Å². The van der Waals surface area contributed by atoms with Crippen molar-refractivity contribution in [3.05, 3.63) is 29.3 Å². The van der Waals surface area contributed by atoms with Crippen molar-refractivity contribution in [2.45, 2.75) is 27.2 Å². The highest BCUT2D eigenvalue weighted by atomic mass is 16.3. The molecule has 0 fully saturated rings. The SMILES string of the molecule is Cc1cccc(C(=O)N(CCC#N)CC(C)C)c1O. The summed E-state index contributed by atoms with van der Waals surface area (Å²) in [5, 5.41) is 18.6. The quantitative estimate of drug-likeness (QED) is 0.885. The minimum atomic E-state index is -0.217. The van der Waals surface area contributed by atoms with Crippen LogP contribution in [0.25, 0.3) is 0 Å². The van der Waals surface area contributed by atoms with E-state index in [4.69, 9.17) is 5.26 Å². The molecule has 1 amide bonds. The Kier molecular flexibility index (Phi) is 5.37. The molecule has 0 bridgehead atoms. The maximum Gasteiger partial charge on any atom is 0.257 e. The topological polar surface area (TPSA) is 64.3 Å². The Morgan fingerprint density at radius 2 is 2.16 bits per heavy atom. The van der Waals surface area contributed by atoms with Crippen LogP contribution in [-0.4, -0.2) is 29.0 Å². The van der Waals surface area contributed by atoms with Gasteiger partial charge in [-0.05, 0) is 24.5 Å². The monoisotopic (exact) mass is 260 g/mol. The molecule has 19 heavy (non-hydrogen) atoms. The number of nitrogens with zero attached hydrogens (tertiary/aromatic N) is 2. The third-order valence-corrected chi connectivity index (χ3v) is 2.83. The van der Waals surface area contributed by atoms with Gasteiger partial charge >= 0.3 is 0 Å². The van der Waals surface area contributed by atoms with Crippen LogP contribution in [0.15, 0.2) is 18.2 Å². The molecular formula is C15H20N2O2. The van der Waals surface area contributed by atoms with E-state index in [1.807, 2.05) is 19.9 Å². The Bertz CT molecular complexity index is 489. The highest BCUT2D eigenvalue weighted by molar-refractivity contribution is 5.97. The lowest BCUT2D eigenvalue weighted by Gasteiger charge is -2.24. The average molecular weight is 260 g/mol. The lowest BCUT2D eigenvalue weighted by molar-refractivity contribution is 0.0736. The van der Waals surface area contributed by atoms with Gasteiger partial charge in [0.15, 0.2) is 0 Å². The maximum absolute atomic E-state index is 12.4. The number of nitriles is 1. The summed E-state index contributed by atoms with van der Waals surface area (Å²) in [6.07, 6.45) is 0.297. The van der Waals surface area contributed by atoms with E-state index in [0.29, 0.717) is 36.6 Å². The molecule has 102 valence electrons. The van der Waals surface area contributed by atoms with Gasteiger partial charge in [0.05, 0.1) is 18.1 Å². The number of aryl methyl sites for hydroxylation is 1. The summed E-state index contributed by atoms with van der Waals surface area (Å²) in [6.45, 7) is 6.76. The number of para-hydroxylation sites is 1. The second-order valence-electron chi connectivity index (χ2n) is 5.02. The highest BCUT2D eigenvalue weighted by Gasteiger charge is 2.20. The fourth-order valence-electron chi connectivity index (χ4n) is 1.90. The van der Waals surface area contributed by atoms with Crippen molar-refractivity contribution in [1.29, 1.82) is 5.26 Å². The Morgan fingerprint density at radius 1 is 1.47 bits per heavy atom. The van der Waals surface area contributed by atoms with Gasteiger partial charge in [-0.3, -0.25) is 4.79 Å². The van der Waals surface area contributed by atoms with Gasteiger partial charge < -0.3 is 10.0 Å². The molecule has 0 atom stereocenters. The van der Waals surface area contributed by atoms with Gasteiger partial charge in [-0.1, -0.05) is 26.0 Å². The fourth-order valence-corrected chi connectivity index (χ4v) is 1.90. The molecule has 0 saturated heterocycles. The second kappa shape index (κ2) is 6.79. The lowest BCUT2D eigenvalue weighted by Crippen LogP contribution is -2.35. The van der Waals surface area contributed by atoms with Crippen molar-refractivity contribution in [3.63, 3.8) is 0 Å². The van der Waals surface area contributed by atoms with Crippen LogP contribution in [0.5, 0.6) is 5.75 Å². The van der Waals surface area contributed by atoms with E-state index in [1.165, 1.54) is 0 Å². The van der Waals surface area contributed by atoms with E-state index in [-0.39, 0.29) is 11.7 Å². The van der Waals surface area contributed by atoms with Crippen molar-refractivity contribution in [3.8, 4) is 11.8 Å². The first-order valence-corrected chi connectivity index (χ1v) is 6.42. The molecule has 4 heteroatoms. The van der Waals surface area contributed by atoms with Crippen molar-refractivity contribution < 1.29 is 9.90 Å². The van der Waals surface area contributed by atoms with E-state index >= 15 is 0 Å². The zero-order chi connectivity index (χ0) is 14.4. The molecule has 0 aliphatic rings. The minimum Gasteiger partial charge on any atom is -0.507 e. The van der Waals surface area contributed by atoms with E-state index in [9.17, 15) is 9.90 Å². The van der Waals surface area contributed by atoms with Crippen LogP contribution in [0.1, 0.15) is 36.2 Å². The number of aromatic hydroxyl groups is 1. The molecule has 0 heterocycles. The Balaban J connectivity index is 2.98. The number of phenols is 1. The molecule has 0 aliphatic heterocycles. The van der Waals surface area contributed by atoms with Crippen LogP contribution < -0.4 is 0 Å². The normalized spacial score (nSPS) is 10.3. The number of hydrogen-bond acceptors (Lipinski definition) is 3. The average Bonchev–Trinajstić information content (AvgIpc) is 2.36. The van der Waals surface area contributed by atoms with Crippen LogP contribution in [0, 0.1) is 24.2 Å².